The zero-order valence-electron chi connectivity index (χ0n) is 15.0. The number of urea groups is 1. The van der Waals surface area contributed by atoms with Crippen molar-refractivity contribution in [2.45, 2.75) is 25.4 Å². The summed E-state index contributed by atoms with van der Waals surface area (Å²) in [7, 11) is 0. The molecule has 1 fully saturated rings. The number of hydrogen-bond donors (Lipinski definition) is 3. The number of nitrogens with one attached hydrogen (secondary N) is 2. The smallest absolute Gasteiger partial charge is 0.325 e. The van der Waals surface area contributed by atoms with E-state index < -0.39 is 18.0 Å². The van der Waals surface area contributed by atoms with E-state index in [9.17, 15) is 19.5 Å². The van der Waals surface area contributed by atoms with Gasteiger partial charge < -0.3 is 15.7 Å². The quantitative estimate of drug-likeness (QED) is 0.619. The topological polar surface area (TPSA) is 98.7 Å². The second-order valence-corrected chi connectivity index (χ2v) is 6.96. The van der Waals surface area contributed by atoms with Crippen molar-refractivity contribution in [3.8, 4) is 5.75 Å². The molecule has 2 aromatic carbocycles. The summed E-state index contributed by atoms with van der Waals surface area (Å²) in [6, 6.07) is 12.2. The summed E-state index contributed by atoms with van der Waals surface area (Å²) in [4.78, 5) is 37.8. The van der Waals surface area contributed by atoms with Gasteiger partial charge in [-0.2, -0.15) is 0 Å². The van der Waals surface area contributed by atoms with Gasteiger partial charge in [0.15, 0.2) is 0 Å². The molecule has 28 heavy (non-hydrogen) atoms. The highest BCUT2D eigenvalue weighted by Gasteiger charge is 2.38. The summed E-state index contributed by atoms with van der Waals surface area (Å²) in [6.45, 7) is 0.495. The van der Waals surface area contributed by atoms with E-state index in [1.807, 2.05) is 0 Å². The molecule has 1 heterocycles. The van der Waals surface area contributed by atoms with E-state index in [2.05, 4.69) is 10.6 Å². The van der Waals surface area contributed by atoms with Crippen LogP contribution in [0.15, 0.2) is 48.5 Å². The second-order valence-electron chi connectivity index (χ2n) is 6.53. The van der Waals surface area contributed by atoms with Crippen molar-refractivity contribution in [1.29, 1.82) is 0 Å². The minimum atomic E-state index is -0.875. The number of carbonyl (C=O) groups excluding carboxylic acids is 3. The Bertz CT molecular complexity index is 885. The lowest BCUT2D eigenvalue weighted by molar-refractivity contribution is -0.131. The van der Waals surface area contributed by atoms with Crippen LogP contribution in [0.5, 0.6) is 5.75 Å². The zero-order chi connectivity index (χ0) is 20.1. The SMILES string of the molecule is O=C(C[C@@H]1NC(=O)N(Cc2cccc(Cl)c2)C1=O)NCCc1ccc(O)cc1. The fourth-order valence-electron chi connectivity index (χ4n) is 2.95. The number of hydrogen-bond acceptors (Lipinski definition) is 4. The molecule has 1 aliphatic rings. The molecule has 1 atom stereocenters. The number of benzene rings is 2. The predicted octanol–water partition coefficient (Wildman–Crippen LogP) is 2.21. The van der Waals surface area contributed by atoms with Crippen molar-refractivity contribution in [3.05, 3.63) is 64.7 Å². The fourth-order valence-corrected chi connectivity index (χ4v) is 3.16. The van der Waals surface area contributed by atoms with Crippen molar-refractivity contribution in [3.63, 3.8) is 0 Å². The minimum absolute atomic E-state index is 0.101. The average molecular weight is 402 g/mol. The predicted molar refractivity (Wildman–Crippen MR) is 104 cm³/mol. The Morgan fingerprint density at radius 1 is 1.14 bits per heavy atom. The molecule has 3 N–H and O–H groups in total. The minimum Gasteiger partial charge on any atom is -0.508 e. The Morgan fingerprint density at radius 3 is 2.61 bits per heavy atom. The number of nitrogens with zero attached hydrogens (tertiary/aromatic N) is 1. The van der Waals surface area contributed by atoms with Crippen LogP contribution in [0, 0.1) is 0 Å². The molecule has 146 valence electrons. The number of phenolic OH excluding ortho intramolecular Hbond substituents is 1. The number of phenols is 1. The normalized spacial score (nSPS) is 16.2. The van der Waals surface area contributed by atoms with Gasteiger partial charge in [-0.15, -0.1) is 0 Å². The first-order chi connectivity index (χ1) is 13.4. The Hall–Kier alpha value is -3.06. The maximum absolute atomic E-state index is 12.5. The van der Waals surface area contributed by atoms with Crippen LogP contribution >= 0.6 is 11.6 Å². The molecule has 0 spiro atoms. The lowest BCUT2D eigenvalue weighted by Gasteiger charge is -2.13. The van der Waals surface area contributed by atoms with Gasteiger partial charge in [-0.25, -0.2) is 4.79 Å². The van der Waals surface area contributed by atoms with Gasteiger partial charge in [0.2, 0.25) is 5.91 Å². The monoisotopic (exact) mass is 401 g/mol. The van der Waals surface area contributed by atoms with E-state index in [-0.39, 0.29) is 24.6 Å². The van der Waals surface area contributed by atoms with Gasteiger partial charge in [0.1, 0.15) is 11.8 Å². The molecular formula is C20H20ClN3O4. The molecule has 0 saturated carbocycles. The first kappa shape index (κ1) is 19.7. The van der Waals surface area contributed by atoms with Crippen LogP contribution in [0.1, 0.15) is 17.5 Å². The molecule has 0 bridgehead atoms. The van der Waals surface area contributed by atoms with Gasteiger partial charge >= 0.3 is 6.03 Å². The van der Waals surface area contributed by atoms with Crippen molar-refractivity contribution < 1.29 is 19.5 Å². The molecule has 0 unspecified atom stereocenters. The van der Waals surface area contributed by atoms with Crippen LogP contribution in [0.3, 0.4) is 0 Å². The standard InChI is InChI=1S/C20H20ClN3O4/c21-15-3-1-2-14(10-15)12-24-19(27)17(23-20(24)28)11-18(26)22-9-8-13-4-6-16(25)7-5-13/h1-7,10,17,25H,8-9,11-12H2,(H,22,26)(H,23,28)/t17-/m0/s1. The first-order valence-electron chi connectivity index (χ1n) is 8.83. The van der Waals surface area contributed by atoms with Gasteiger partial charge in [-0.1, -0.05) is 35.9 Å². The molecular weight excluding hydrogens is 382 g/mol. The fraction of sp³-hybridized carbons (Fsp3) is 0.250. The number of carbonyl (C=O) groups is 3. The van der Waals surface area contributed by atoms with Gasteiger partial charge in [-0.05, 0) is 41.8 Å². The molecule has 0 radical (unpaired) electrons. The summed E-state index contributed by atoms with van der Waals surface area (Å²) in [6.07, 6.45) is 0.476. The van der Waals surface area contributed by atoms with E-state index >= 15 is 0 Å². The molecule has 1 saturated heterocycles. The summed E-state index contributed by atoms with van der Waals surface area (Å²) >= 11 is 5.93. The number of amides is 4. The van der Waals surface area contributed by atoms with E-state index in [0.29, 0.717) is 18.0 Å². The lowest BCUT2D eigenvalue weighted by Crippen LogP contribution is -2.37. The van der Waals surface area contributed by atoms with Crippen LogP contribution in [0.2, 0.25) is 5.02 Å². The number of halogens is 1. The highest BCUT2D eigenvalue weighted by molar-refractivity contribution is 6.30. The van der Waals surface area contributed by atoms with Crippen LogP contribution < -0.4 is 10.6 Å². The van der Waals surface area contributed by atoms with E-state index in [0.717, 1.165) is 16.0 Å². The average Bonchev–Trinajstić information content (AvgIpc) is 2.91. The van der Waals surface area contributed by atoms with Gasteiger partial charge in [-0.3, -0.25) is 14.5 Å². The Labute approximate surface area is 167 Å². The van der Waals surface area contributed by atoms with Crippen molar-refractivity contribution in [2.75, 3.05) is 6.54 Å². The molecule has 0 aliphatic carbocycles. The third-order valence-corrected chi connectivity index (χ3v) is 4.63. The highest BCUT2D eigenvalue weighted by atomic mass is 35.5. The third kappa shape index (κ3) is 5.01. The molecule has 2 aromatic rings. The van der Waals surface area contributed by atoms with E-state index in [1.54, 1.807) is 48.5 Å². The Balaban J connectivity index is 1.48. The summed E-state index contributed by atoms with van der Waals surface area (Å²) in [5.74, 6) is -0.564. The zero-order valence-corrected chi connectivity index (χ0v) is 15.8. The van der Waals surface area contributed by atoms with Crippen LogP contribution in [0.25, 0.3) is 0 Å². The van der Waals surface area contributed by atoms with Gasteiger partial charge in [0.05, 0.1) is 13.0 Å². The molecule has 8 heteroatoms. The lowest BCUT2D eigenvalue weighted by atomic mass is 10.1. The van der Waals surface area contributed by atoms with Crippen molar-refractivity contribution in [2.24, 2.45) is 0 Å². The van der Waals surface area contributed by atoms with Crippen LogP contribution in [0.4, 0.5) is 4.79 Å². The number of rotatable bonds is 7. The number of aromatic hydroxyl groups is 1. The van der Waals surface area contributed by atoms with E-state index in [4.69, 9.17) is 11.6 Å². The summed E-state index contributed by atoms with van der Waals surface area (Å²) in [5.41, 5.74) is 1.70. The Morgan fingerprint density at radius 2 is 1.89 bits per heavy atom. The maximum Gasteiger partial charge on any atom is 0.325 e. The molecule has 4 amide bonds. The first-order valence-corrected chi connectivity index (χ1v) is 9.21. The summed E-state index contributed by atoms with van der Waals surface area (Å²) in [5, 5.41) is 15.1. The van der Waals surface area contributed by atoms with Crippen LogP contribution in [-0.2, 0) is 22.6 Å². The maximum atomic E-state index is 12.5. The van der Waals surface area contributed by atoms with Gasteiger partial charge in [0.25, 0.3) is 5.91 Å². The Kier molecular flexibility index (Phi) is 6.16. The highest BCUT2D eigenvalue weighted by Crippen LogP contribution is 2.17. The molecule has 0 aromatic heterocycles. The van der Waals surface area contributed by atoms with E-state index in [1.165, 1.54) is 0 Å². The second kappa shape index (κ2) is 8.75. The van der Waals surface area contributed by atoms with Crippen molar-refractivity contribution >= 4 is 29.4 Å². The van der Waals surface area contributed by atoms with Crippen LogP contribution in [-0.4, -0.2) is 40.4 Å². The largest absolute Gasteiger partial charge is 0.508 e. The third-order valence-electron chi connectivity index (χ3n) is 4.40. The molecule has 7 nitrogen and oxygen atoms in total. The molecule has 3 rings (SSSR count). The summed E-state index contributed by atoms with van der Waals surface area (Å²) < 4.78 is 0. The number of imide groups is 1. The molecule has 1 aliphatic heterocycles. The van der Waals surface area contributed by atoms with Gasteiger partial charge in [0, 0.05) is 11.6 Å². The van der Waals surface area contributed by atoms with Crippen molar-refractivity contribution in [1.82, 2.24) is 15.5 Å².